The van der Waals surface area contributed by atoms with Crippen molar-refractivity contribution in [2.75, 3.05) is 0 Å². The van der Waals surface area contributed by atoms with Gasteiger partial charge in [-0.3, -0.25) is 0 Å². The smallest absolute Gasteiger partial charge is 0.409 e. The molecular formula is C28H22N2O5. The molecule has 1 heterocycles. The lowest BCUT2D eigenvalue weighted by Crippen LogP contribution is -2.35. The molecule has 0 saturated carbocycles. The molecule has 1 aliphatic rings. The maximum atomic E-state index is 11.6. The lowest BCUT2D eigenvalue weighted by atomic mass is 9.62. The van der Waals surface area contributed by atoms with Crippen LogP contribution in [0.2, 0.25) is 0 Å². The van der Waals surface area contributed by atoms with Crippen LogP contribution in [0.5, 0.6) is 23.0 Å². The number of nitrogens with two attached hydrogens (primary N) is 2. The zero-order chi connectivity index (χ0) is 24.6. The van der Waals surface area contributed by atoms with E-state index in [0.29, 0.717) is 22.8 Å². The predicted molar refractivity (Wildman–Crippen MR) is 130 cm³/mol. The van der Waals surface area contributed by atoms with Crippen LogP contribution in [-0.4, -0.2) is 12.2 Å². The van der Waals surface area contributed by atoms with Gasteiger partial charge in [0.15, 0.2) is 0 Å². The Morgan fingerprint density at radius 3 is 1.91 bits per heavy atom. The highest BCUT2D eigenvalue weighted by molar-refractivity contribution is 5.75. The average molecular weight is 466 g/mol. The van der Waals surface area contributed by atoms with Gasteiger partial charge in [-0.2, -0.15) is 0 Å². The van der Waals surface area contributed by atoms with Crippen LogP contribution in [0.3, 0.4) is 0 Å². The van der Waals surface area contributed by atoms with Crippen LogP contribution in [0.25, 0.3) is 0 Å². The molecule has 1 aliphatic heterocycles. The molecule has 0 unspecified atom stereocenters. The van der Waals surface area contributed by atoms with E-state index in [4.69, 9.17) is 25.7 Å². The fourth-order valence-corrected chi connectivity index (χ4v) is 4.91. The molecule has 4 N–H and O–H groups in total. The zero-order valence-electron chi connectivity index (χ0n) is 18.9. The molecule has 4 aromatic rings. The second kappa shape index (κ2) is 8.53. The summed E-state index contributed by atoms with van der Waals surface area (Å²) >= 11 is 0. The molecule has 4 aromatic carbocycles. The Morgan fingerprint density at radius 1 is 0.743 bits per heavy atom. The maximum absolute atomic E-state index is 11.6. The highest BCUT2D eigenvalue weighted by atomic mass is 16.6. The number of carbonyl (C=O) groups is 2. The molecule has 0 bridgehead atoms. The van der Waals surface area contributed by atoms with Crippen molar-refractivity contribution in [3.63, 3.8) is 0 Å². The van der Waals surface area contributed by atoms with Gasteiger partial charge in [-0.15, -0.1) is 0 Å². The highest BCUT2D eigenvalue weighted by Crippen LogP contribution is 2.57. The second-order valence-electron chi connectivity index (χ2n) is 8.15. The Balaban J connectivity index is 1.91. The topological polar surface area (TPSA) is 114 Å². The number of benzene rings is 4. The number of ether oxygens (including phenoxy) is 3. The Kier molecular flexibility index (Phi) is 5.37. The van der Waals surface area contributed by atoms with Crippen molar-refractivity contribution < 1.29 is 23.8 Å². The summed E-state index contributed by atoms with van der Waals surface area (Å²) in [5.74, 6) is 1.68. The molecule has 0 saturated heterocycles. The second-order valence-corrected chi connectivity index (χ2v) is 8.15. The minimum atomic E-state index is -0.914. The van der Waals surface area contributed by atoms with Crippen LogP contribution in [0.4, 0.5) is 9.59 Å². The SMILES string of the molecule is Cc1c(OC(N)=O)ccc2c1C(c1ccccc1)(c1ccccc1)c1ccc(OC(N)=O)cc1O2. The van der Waals surface area contributed by atoms with E-state index in [1.165, 1.54) is 0 Å². The standard InChI is InChI=1S/C28H22N2O5/c1-17-22(35-27(30)32)14-15-23-25(17)28(18-8-4-2-5-9-18,19-10-6-3-7-11-19)21-13-12-20(33-26(29)31)16-24(21)34-23/h2-16H,1H3,(H2,29,31)(H2,30,32). The minimum absolute atomic E-state index is 0.264. The number of rotatable bonds is 4. The molecule has 0 atom stereocenters. The number of hydrogen-bond acceptors (Lipinski definition) is 5. The summed E-state index contributed by atoms with van der Waals surface area (Å²) in [7, 11) is 0. The van der Waals surface area contributed by atoms with Crippen LogP contribution >= 0.6 is 0 Å². The summed E-state index contributed by atoms with van der Waals surface area (Å²) in [6, 6.07) is 28.5. The molecule has 0 spiro atoms. The maximum Gasteiger partial charge on any atom is 0.409 e. The molecule has 35 heavy (non-hydrogen) atoms. The van der Waals surface area contributed by atoms with Crippen molar-refractivity contribution in [1.82, 2.24) is 0 Å². The van der Waals surface area contributed by atoms with Gasteiger partial charge in [0.05, 0.1) is 5.41 Å². The van der Waals surface area contributed by atoms with Crippen LogP contribution in [0, 0.1) is 6.92 Å². The molecule has 0 aromatic heterocycles. The van der Waals surface area contributed by atoms with Crippen molar-refractivity contribution in [2.24, 2.45) is 11.5 Å². The molecule has 0 aliphatic carbocycles. The fraction of sp³-hybridized carbons (Fsp3) is 0.0714. The first-order valence-electron chi connectivity index (χ1n) is 10.9. The van der Waals surface area contributed by atoms with E-state index in [1.54, 1.807) is 24.3 Å². The molecule has 174 valence electrons. The monoisotopic (exact) mass is 466 g/mol. The first-order valence-corrected chi connectivity index (χ1v) is 10.9. The van der Waals surface area contributed by atoms with Gasteiger partial charge in [0.1, 0.15) is 23.0 Å². The average Bonchev–Trinajstić information content (AvgIpc) is 2.85. The number of carbonyl (C=O) groups excluding carboxylic acids is 2. The van der Waals surface area contributed by atoms with Crippen molar-refractivity contribution in [2.45, 2.75) is 12.3 Å². The number of fused-ring (bicyclic) bond motifs is 2. The molecule has 0 fully saturated rings. The van der Waals surface area contributed by atoms with Gasteiger partial charge in [0.25, 0.3) is 0 Å². The summed E-state index contributed by atoms with van der Waals surface area (Å²) in [4.78, 5) is 23.0. The molecule has 2 amide bonds. The largest absolute Gasteiger partial charge is 0.457 e. The minimum Gasteiger partial charge on any atom is -0.457 e. The zero-order valence-corrected chi connectivity index (χ0v) is 18.9. The third-order valence-electron chi connectivity index (χ3n) is 6.17. The summed E-state index contributed by atoms with van der Waals surface area (Å²) in [5.41, 5.74) is 14.0. The summed E-state index contributed by atoms with van der Waals surface area (Å²) in [5, 5.41) is 0. The third kappa shape index (κ3) is 3.63. The first-order chi connectivity index (χ1) is 16.9. The lowest BCUT2D eigenvalue weighted by Gasteiger charge is -2.42. The van der Waals surface area contributed by atoms with Crippen molar-refractivity contribution in [1.29, 1.82) is 0 Å². The van der Waals surface area contributed by atoms with E-state index < -0.39 is 17.6 Å². The van der Waals surface area contributed by atoms with Crippen LogP contribution < -0.4 is 25.7 Å². The van der Waals surface area contributed by atoms with Gasteiger partial charge in [-0.25, -0.2) is 9.59 Å². The summed E-state index contributed by atoms with van der Waals surface area (Å²) in [6.45, 7) is 1.87. The summed E-state index contributed by atoms with van der Waals surface area (Å²) in [6.07, 6.45) is -1.81. The van der Waals surface area contributed by atoms with E-state index in [2.05, 4.69) is 0 Å². The highest BCUT2D eigenvalue weighted by Gasteiger charge is 2.47. The van der Waals surface area contributed by atoms with Gasteiger partial charge >= 0.3 is 12.2 Å². The Morgan fingerprint density at radius 2 is 1.34 bits per heavy atom. The third-order valence-corrected chi connectivity index (χ3v) is 6.17. The van der Waals surface area contributed by atoms with E-state index in [9.17, 15) is 9.59 Å². The molecule has 0 radical (unpaired) electrons. The predicted octanol–water partition coefficient (Wildman–Crippen LogP) is 5.40. The molecule has 7 heteroatoms. The molecule has 5 rings (SSSR count). The quantitative estimate of drug-likeness (QED) is 0.368. The van der Waals surface area contributed by atoms with Crippen LogP contribution in [0.1, 0.15) is 27.8 Å². The van der Waals surface area contributed by atoms with E-state index in [-0.39, 0.29) is 5.75 Å². The van der Waals surface area contributed by atoms with Gasteiger partial charge in [0, 0.05) is 22.8 Å². The van der Waals surface area contributed by atoms with Gasteiger partial charge in [-0.05, 0) is 36.2 Å². The van der Waals surface area contributed by atoms with Crippen molar-refractivity contribution in [3.8, 4) is 23.0 Å². The normalized spacial score (nSPS) is 13.1. The fourth-order valence-electron chi connectivity index (χ4n) is 4.91. The van der Waals surface area contributed by atoms with Crippen molar-refractivity contribution >= 4 is 12.2 Å². The van der Waals surface area contributed by atoms with Gasteiger partial charge in [0.2, 0.25) is 0 Å². The number of amides is 2. The first kappa shape index (κ1) is 22.0. The van der Waals surface area contributed by atoms with E-state index in [1.807, 2.05) is 73.7 Å². The molecular weight excluding hydrogens is 444 g/mol. The Labute approximate surface area is 201 Å². The van der Waals surface area contributed by atoms with Gasteiger partial charge < -0.3 is 25.7 Å². The van der Waals surface area contributed by atoms with Crippen LogP contribution in [0.15, 0.2) is 91.0 Å². The molecule has 7 nitrogen and oxygen atoms in total. The number of hydrogen-bond donors (Lipinski definition) is 2. The van der Waals surface area contributed by atoms with Crippen molar-refractivity contribution in [3.05, 3.63) is 119 Å². The Bertz CT molecular complexity index is 1400. The van der Waals surface area contributed by atoms with E-state index in [0.717, 1.165) is 22.3 Å². The summed E-state index contributed by atoms with van der Waals surface area (Å²) < 4.78 is 16.8. The lowest BCUT2D eigenvalue weighted by molar-refractivity contribution is 0.209. The van der Waals surface area contributed by atoms with E-state index >= 15 is 0 Å². The number of primary amides is 2. The Hall–Kier alpha value is -4.78. The van der Waals surface area contributed by atoms with Gasteiger partial charge in [-0.1, -0.05) is 66.7 Å². The van der Waals surface area contributed by atoms with Crippen LogP contribution in [-0.2, 0) is 5.41 Å².